The number of hydrogen-bond acceptors (Lipinski definition) is 3. The average molecular weight is 345 g/mol. The van der Waals surface area contributed by atoms with Gasteiger partial charge in [0.05, 0.1) is 0 Å². The van der Waals surface area contributed by atoms with Crippen LogP contribution in [-0.2, 0) is 17.6 Å². The van der Waals surface area contributed by atoms with Crippen molar-refractivity contribution in [2.45, 2.75) is 19.3 Å². The summed E-state index contributed by atoms with van der Waals surface area (Å²) in [5.74, 6) is -0.190. The summed E-state index contributed by atoms with van der Waals surface area (Å²) in [4.78, 5) is 23.6. The fraction of sp³-hybridized carbons (Fsp3) is 0.222. The molecule has 0 bridgehead atoms. The average Bonchev–Trinajstić information content (AvgIpc) is 3.06. The largest absolute Gasteiger partial charge is 0.484 e. The van der Waals surface area contributed by atoms with Gasteiger partial charge in [-0.25, -0.2) is 0 Å². The zero-order chi connectivity index (χ0) is 16.9. The highest BCUT2D eigenvalue weighted by Gasteiger charge is 2.12. The van der Waals surface area contributed by atoms with E-state index in [4.69, 9.17) is 16.3 Å². The van der Waals surface area contributed by atoms with E-state index in [0.717, 1.165) is 19.3 Å². The molecular formula is C18H17ClN2O3. The first-order valence-corrected chi connectivity index (χ1v) is 8.09. The second-order valence-electron chi connectivity index (χ2n) is 5.58. The zero-order valence-electron chi connectivity index (χ0n) is 13.0. The van der Waals surface area contributed by atoms with Crippen molar-refractivity contribution in [1.29, 1.82) is 0 Å². The van der Waals surface area contributed by atoms with Crippen LogP contribution in [0.2, 0.25) is 5.02 Å². The molecule has 0 aliphatic heterocycles. The Morgan fingerprint density at radius 3 is 2.54 bits per heavy atom. The molecule has 0 spiro atoms. The molecule has 0 heterocycles. The maximum absolute atomic E-state index is 11.9. The van der Waals surface area contributed by atoms with E-state index in [9.17, 15) is 9.59 Å². The summed E-state index contributed by atoms with van der Waals surface area (Å²) in [6.07, 6.45) is 3.32. The molecular weight excluding hydrogens is 328 g/mol. The first kappa shape index (κ1) is 16.3. The van der Waals surface area contributed by atoms with Crippen molar-refractivity contribution in [3.8, 4) is 5.75 Å². The van der Waals surface area contributed by atoms with Crippen molar-refractivity contribution >= 4 is 23.4 Å². The Labute approximate surface area is 144 Å². The number of nitrogens with one attached hydrogen (secondary N) is 2. The van der Waals surface area contributed by atoms with Gasteiger partial charge in [0.1, 0.15) is 5.75 Å². The Kier molecular flexibility index (Phi) is 5.01. The molecule has 24 heavy (non-hydrogen) atoms. The SMILES string of the molecule is O=C(COc1ccc2c(c1)CCC2)NNC(=O)c1ccc(Cl)cc1. The van der Waals surface area contributed by atoms with Crippen LogP contribution in [0.25, 0.3) is 0 Å². The topological polar surface area (TPSA) is 67.4 Å². The lowest BCUT2D eigenvalue weighted by Crippen LogP contribution is -2.43. The predicted octanol–water partition coefficient (Wildman–Crippen LogP) is 2.67. The van der Waals surface area contributed by atoms with Crippen LogP contribution in [0.1, 0.15) is 27.9 Å². The van der Waals surface area contributed by atoms with Gasteiger partial charge >= 0.3 is 0 Å². The van der Waals surface area contributed by atoms with Crippen molar-refractivity contribution < 1.29 is 14.3 Å². The van der Waals surface area contributed by atoms with Gasteiger partial charge in [-0.3, -0.25) is 20.4 Å². The molecule has 2 amide bonds. The molecule has 1 aliphatic rings. The van der Waals surface area contributed by atoms with Crippen molar-refractivity contribution in [1.82, 2.24) is 10.9 Å². The third-order valence-corrected chi connectivity index (χ3v) is 4.11. The number of fused-ring (bicyclic) bond motifs is 1. The fourth-order valence-corrected chi connectivity index (χ4v) is 2.75. The Morgan fingerprint density at radius 1 is 1.00 bits per heavy atom. The summed E-state index contributed by atoms with van der Waals surface area (Å²) in [7, 11) is 0. The summed E-state index contributed by atoms with van der Waals surface area (Å²) in [6, 6.07) is 12.2. The molecule has 0 radical (unpaired) electrons. The molecule has 3 rings (SSSR count). The van der Waals surface area contributed by atoms with Crippen LogP contribution in [0.4, 0.5) is 0 Å². The number of hydrogen-bond donors (Lipinski definition) is 2. The standard InChI is InChI=1S/C18H17ClN2O3/c19-15-7-4-13(5-8-15)18(23)21-20-17(22)11-24-16-9-6-12-2-1-3-14(12)10-16/h4-10H,1-3,11H2,(H,20,22)(H,21,23). The van der Waals surface area contributed by atoms with Gasteiger partial charge in [0.15, 0.2) is 6.61 Å². The monoisotopic (exact) mass is 344 g/mol. The molecule has 0 aromatic heterocycles. The third-order valence-electron chi connectivity index (χ3n) is 3.86. The van der Waals surface area contributed by atoms with Gasteiger partial charge in [-0.05, 0) is 66.8 Å². The molecule has 6 heteroatoms. The van der Waals surface area contributed by atoms with Gasteiger partial charge in [0.2, 0.25) is 0 Å². The van der Waals surface area contributed by atoms with Crippen LogP contribution in [-0.4, -0.2) is 18.4 Å². The second kappa shape index (κ2) is 7.36. The number of halogens is 1. The number of amides is 2. The second-order valence-corrected chi connectivity index (χ2v) is 6.02. The number of carbonyl (C=O) groups excluding carboxylic acids is 2. The first-order valence-electron chi connectivity index (χ1n) is 7.71. The van der Waals surface area contributed by atoms with E-state index < -0.39 is 11.8 Å². The maximum atomic E-state index is 11.9. The minimum atomic E-state index is -0.433. The molecule has 2 aromatic carbocycles. The normalized spacial score (nSPS) is 12.4. The lowest BCUT2D eigenvalue weighted by atomic mass is 10.1. The molecule has 2 N–H and O–H groups in total. The molecule has 0 atom stereocenters. The van der Waals surface area contributed by atoms with Gasteiger partial charge < -0.3 is 4.74 Å². The van der Waals surface area contributed by atoms with Gasteiger partial charge in [-0.2, -0.15) is 0 Å². The molecule has 1 aliphatic carbocycles. The number of hydrazine groups is 1. The molecule has 0 fully saturated rings. The molecule has 2 aromatic rings. The lowest BCUT2D eigenvalue weighted by molar-refractivity contribution is -0.123. The minimum Gasteiger partial charge on any atom is -0.484 e. The van der Waals surface area contributed by atoms with Crippen LogP contribution >= 0.6 is 11.6 Å². The van der Waals surface area contributed by atoms with Crippen molar-refractivity contribution in [3.63, 3.8) is 0 Å². The van der Waals surface area contributed by atoms with Crippen LogP contribution in [0.15, 0.2) is 42.5 Å². The molecule has 0 saturated heterocycles. The predicted molar refractivity (Wildman–Crippen MR) is 91.0 cm³/mol. The van der Waals surface area contributed by atoms with Crippen LogP contribution < -0.4 is 15.6 Å². The summed E-state index contributed by atoms with van der Waals surface area (Å²) >= 11 is 5.76. The summed E-state index contributed by atoms with van der Waals surface area (Å²) < 4.78 is 5.47. The van der Waals surface area contributed by atoms with E-state index in [-0.39, 0.29) is 6.61 Å². The number of ether oxygens (including phenoxy) is 1. The quantitative estimate of drug-likeness (QED) is 0.838. The smallest absolute Gasteiger partial charge is 0.276 e. The zero-order valence-corrected chi connectivity index (χ0v) is 13.7. The Morgan fingerprint density at radius 2 is 1.75 bits per heavy atom. The molecule has 0 saturated carbocycles. The maximum Gasteiger partial charge on any atom is 0.276 e. The Balaban J connectivity index is 1.46. The highest BCUT2D eigenvalue weighted by atomic mass is 35.5. The van der Waals surface area contributed by atoms with Crippen molar-refractivity contribution in [2.75, 3.05) is 6.61 Å². The van der Waals surface area contributed by atoms with Gasteiger partial charge in [-0.15, -0.1) is 0 Å². The highest BCUT2D eigenvalue weighted by molar-refractivity contribution is 6.30. The number of rotatable bonds is 4. The van der Waals surface area contributed by atoms with Gasteiger partial charge in [0, 0.05) is 10.6 Å². The Hall–Kier alpha value is -2.53. The number of benzene rings is 2. The van der Waals surface area contributed by atoms with Crippen molar-refractivity contribution in [2.24, 2.45) is 0 Å². The van der Waals surface area contributed by atoms with E-state index >= 15 is 0 Å². The van der Waals surface area contributed by atoms with Crippen LogP contribution in [0.3, 0.4) is 0 Å². The number of aryl methyl sites for hydroxylation is 2. The molecule has 124 valence electrons. The highest BCUT2D eigenvalue weighted by Crippen LogP contribution is 2.25. The molecule has 0 unspecified atom stereocenters. The van der Waals surface area contributed by atoms with Gasteiger partial charge in [-0.1, -0.05) is 17.7 Å². The summed E-state index contributed by atoms with van der Waals surface area (Å²) in [6.45, 7) is -0.167. The van der Waals surface area contributed by atoms with Crippen molar-refractivity contribution in [3.05, 3.63) is 64.2 Å². The van der Waals surface area contributed by atoms with Crippen LogP contribution in [0.5, 0.6) is 5.75 Å². The third kappa shape index (κ3) is 4.06. The lowest BCUT2D eigenvalue weighted by Gasteiger charge is -2.10. The summed E-state index contributed by atoms with van der Waals surface area (Å²) in [5, 5.41) is 0.540. The van der Waals surface area contributed by atoms with Gasteiger partial charge in [0.25, 0.3) is 11.8 Å². The fourth-order valence-electron chi connectivity index (χ4n) is 2.62. The van der Waals surface area contributed by atoms with E-state index in [1.807, 2.05) is 18.2 Å². The Bertz CT molecular complexity index is 759. The molecule has 5 nitrogen and oxygen atoms in total. The van der Waals surface area contributed by atoms with E-state index in [1.54, 1.807) is 24.3 Å². The van der Waals surface area contributed by atoms with Crippen LogP contribution in [0, 0.1) is 0 Å². The first-order chi connectivity index (χ1) is 11.6. The van der Waals surface area contributed by atoms with E-state index in [0.29, 0.717) is 16.3 Å². The van der Waals surface area contributed by atoms with E-state index in [2.05, 4.69) is 10.9 Å². The minimum absolute atomic E-state index is 0.167. The number of carbonyl (C=O) groups is 2. The van der Waals surface area contributed by atoms with E-state index in [1.165, 1.54) is 11.1 Å². The summed E-state index contributed by atoms with van der Waals surface area (Å²) in [5.41, 5.74) is 7.69.